The van der Waals surface area contributed by atoms with E-state index in [4.69, 9.17) is 15.7 Å². The number of ether oxygens (including phenoxy) is 1. The van der Waals surface area contributed by atoms with Gasteiger partial charge in [-0.2, -0.15) is 5.26 Å². The zero-order valence-electron chi connectivity index (χ0n) is 9.40. The van der Waals surface area contributed by atoms with Crippen LogP contribution in [0.25, 0.3) is 0 Å². The zero-order chi connectivity index (χ0) is 12.1. The van der Waals surface area contributed by atoms with Gasteiger partial charge in [-0.05, 0) is 53.9 Å². The summed E-state index contributed by atoms with van der Waals surface area (Å²) in [6, 6.07) is 7.96. The second kappa shape index (κ2) is 5.88. The van der Waals surface area contributed by atoms with E-state index in [2.05, 4.69) is 15.9 Å². The third-order valence-electron chi connectivity index (χ3n) is 2.04. The number of hydrogen-bond donors (Lipinski definition) is 1. The fraction of sp³-hybridized carbons (Fsp3) is 0.417. The van der Waals surface area contributed by atoms with Crippen LogP contribution in [0.2, 0.25) is 0 Å². The van der Waals surface area contributed by atoms with Crippen LogP contribution >= 0.6 is 15.9 Å². The quantitative estimate of drug-likeness (QED) is 0.924. The molecule has 0 amide bonds. The van der Waals surface area contributed by atoms with Crippen molar-refractivity contribution in [3.63, 3.8) is 0 Å². The average molecular weight is 283 g/mol. The molecule has 0 radical (unpaired) electrons. The molecule has 3 nitrogen and oxygen atoms in total. The summed E-state index contributed by atoms with van der Waals surface area (Å²) < 4.78 is 6.27. The Morgan fingerprint density at radius 3 is 2.69 bits per heavy atom. The third kappa shape index (κ3) is 3.84. The summed E-state index contributed by atoms with van der Waals surface area (Å²) in [7, 11) is 0. The van der Waals surface area contributed by atoms with E-state index in [1.54, 1.807) is 6.92 Å². The van der Waals surface area contributed by atoms with Gasteiger partial charge in [0.15, 0.2) is 6.10 Å². The normalized spacial score (nSPS) is 13.9. The zero-order valence-corrected chi connectivity index (χ0v) is 11.0. The minimum absolute atomic E-state index is 0.136. The standard InChI is InChI=1S/C12H15BrN2O/c1-8(15)5-10-3-4-12(11(13)6-10)16-9(2)7-14/h3-4,6,8-9H,5,15H2,1-2H3. The molecule has 1 aromatic carbocycles. The molecule has 16 heavy (non-hydrogen) atoms. The second-order valence-electron chi connectivity index (χ2n) is 3.84. The van der Waals surface area contributed by atoms with E-state index in [0.29, 0.717) is 5.75 Å². The van der Waals surface area contributed by atoms with Crippen molar-refractivity contribution in [1.82, 2.24) is 0 Å². The Hall–Kier alpha value is -1.05. The molecule has 0 aliphatic rings. The molecule has 2 N–H and O–H groups in total. The molecule has 2 unspecified atom stereocenters. The second-order valence-corrected chi connectivity index (χ2v) is 4.69. The van der Waals surface area contributed by atoms with Crippen LogP contribution in [0.4, 0.5) is 0 Å². The van der Waals surface area contributed by atoms with Crippen molar-refractivity contribution in [2.24, 2.45) is 5.73 Å². The Bertz CT molecular complexity index is 398. The number of hydrogen-bond acceptors (Lipinski definition) is 3. The van der Waals surface area contributed by atoms with Crippen LogP contribution < -0.4 is 10.5 Å². The number of halogens is 1. The predicted molar refractivity (Wildman–Crippen MR) is 67.2 cm³/mol. The number of nitriles is 1. The molecular formula is C12H15BrN2O. The van der Waals surface area contributed by atoms with Crippen molar-refractivity contribution in [1.29, 1.82) is 5.26 Å². The summed E-state index contributed by atoms with van der Waals surface area (Å²) in [5, 5.41) is 8.65. The van der Waals surface area contributed by atoms with E-state index >= 15 is 0 Å². The first-order chi connectivity index (χ1) is 7.52. The van der Waals surface area contributed by atoms with Gasteiger partial charge in [-0.1, -0.05) is 6.07 Å². The van der Waals surface area contributed by atoms with Crippen molar-refractivity contribution >= 4 is 15.9 Å². The molecule has 0 aliphatic heterocycles. The first-order valence-electron chi connectivity index (χ1n) is 5.13. The summed E-state index contributed by atoms with van der Waals surface area (Å²) in [5.41, 5.74) is 6.88. The largest absolute Gasteiger partial charge is 0.475 e. The molecule has 2 atom stereocenters. The van der Waals surface area contributed by atoms with E-state index < -0.39 is 6.10 Å². The van der Waals surface area contributed by atoms with E-state index in [1.807, 2.05) is 31.2 Å². The summed E-state index contributed by atoms with van der Waals surface area (Å²) in [6.45, 7) is 3.68. The Morgan fingerprint density at radius 1 is 1.50 bits per heavy atom. The Balaban J connectivity index is 2.80. The highest BCUT2D eigenvalue weighted by Crippen LogP contribution is 2.27. The number of nitrogens with two attached hydrogens (primary N) is 1. The maximum Gasteiger partial charge on any atom is 0.181 e. The Morgan fingerprint density at radius 2 is 2.19 bits per heavy atom. The third-order valence-corrected chi connectivity index (χ3v) is 2.66. The first-order valence-corrected chi connectivity index (χ1v) is 5.92. The molecule has 0 spiro atoms. The van der Waals surface area contributed by atoms with Crippen LogP contribution in [-0.4, -0.2) is 12.1 Å². The molecule has 86 valence electrons. The average Bonchev–Trinajstić information content (AvgIpc) is 2.21. The SMILES string of the molecule is CC(N)Cc1ccc(OC(C)C#N)c(Br)c1. The fourth-order valence-electron chi connectivity index (χ4n) is 1.36. The highest BCUT2D eigenvalue weighted by Gasteiger charge is 2.07. The van der Waals surface area contributed by atoms with Gasteiger partial charge >= 0.3 is 0 Å². The summed E-state index contributed by atoms with van der Waals surface area (Å²) in [6.07, 6.45) is 0.378. The van der Waals surface area contributed by atoms with Gasteiger partial charge < -0.3 is 10.5 Å². The van der Waals surface area contributed by atoms with Gasteiger partial charge in [-0.25, -0.2) is 0 Å². The van der Waals surface area contributed by atoms with Gasteiger partial charge in [-0.3, -0.25) is 0 Å². The van der Waals surface area contributed by atoms with Crippen molar-refractivity contribution in [3.05, 3.63) is 28.2 Å². The van der Waals surface area contributed by atoms with E-state index in [1.165, 1.54) is 0 Å². The molecule has 0 heterocycles. The molecule has 0 bridgehead atoms. The van der Waals surface area contributed by atoms with Crippen LogP contribution in [-0.2, 0) is 6.42 Å². The Labute approximate surface area is 104 Å². The lowest BCUT2D eigenvalue weighted by atomic mass is 10.1. The smallest absolute Gasteiger partial charge is 0.181 e. The monoisotopic (exact) mass is 282 g/mol. The highest BCUT2D eigenvalue weighted by atomic mass is 79.9. The highest BCUT2D eigenvalue weighted by molar-refractivity contribution is 9.10. The number of nitrogens with zero attached hydrogens (tertiary/aromatic N) is 1. The van der Waals surface area contributed by atoms with Crippen LogP contribution in [0, 0.1) is 11.3 Å². The van der Waals surface area contributed by atoms with Crippen LogP contribution in [0.3, 0.4) is 0 Å². The van der Waals surface area contributed by atoms with E-state index in [-0.39, 0.29) is 6.04 Å². The van der Waals surface area contributed by atoms with Crippen LogP contribution in [0.1, 0.15) is 19.4 Å². The molecule has 1 aromatic rings. The van der Waals surface area contributed by atoms with Crippen molar-refractivity contribution in [2.45, 2.75) is 32.4 Å². The molecule has 0 fully saturated rings. The molecule has 0 aliphatic carbocycles. The summed E-state index contributed by atoms with van der Waals surface area (Å²) >= 11 is 3.42. The van der Waals surface area contributed by atoms with Crippen molar-refractivity contribution < 1.29 is 4.74 Å². The van der Waals surface area contributed by atoms with Crippen molar-refractivity contribution in [3.8, 4) is 11.8 Å². The first kappa shape index (κ1) is 13.0. The molecule has 0 aromatic heterocycles. The van der Waals surface area contributed by atoms with Gasteiger partial charge in [0.25, 0.3) is 0 Å². The van der Waals surface area contributed by atoms with E-state index in [0.717, 1.165) is 16.5 Å². The van der Waals surface area contributed by atoms with Crippen LogP contribution in [0.5, 0.6) is 5.75 Å². The maximum atomic E-state index is 8.65. The van der Waals surface area contributed by atoms with Gasteiger partial charge in [0.2, 0.25) is 0 Å². The van der Waals surface area contributed by atoms with Gasteiger partial charge in [0.05, 0.1) is 4.47 Å². The Kier molecular flexibility index (Phi) is 4.78. The lowest BCUT2D eigenvalue weighted by Gasteiger charge is -2.11. The minimum atomic E-state index is -0.449. The lowest BCUT2D eigenvalue weighted by Crippen LogP contribution is -2.17. The summed E-state index contributed by atoms with van der Waals surface area (Å²) in [4.78, 5) is 0. The van der Waals surface area contributed by atoms with Gasteiger partial charge in [0.1, 0.15) is 11.8 Å². The summed E-state index contributed by atoms with van der Waals surface area (Å²) in [5.74, 6) is 0.683. The van der Waals surface area contributed by atoms with E-state index in [9.17, 15) is 0 Å². The van der Waals surface area contributed by atoms with Gasteiger partial charge in [-0.15, -0.1) is 0 Å². The maximum absolute atomic E-state index is 8.65. The molecule has 0 saturated carbocycles. The number of rotatable bonds is 4. The lowest BCUT2D eigenvalue weighted by molar-refractivity contribution is 0.274. The van der Waals surface area contributed by atoms with Gasteiger partial charge in [0, 0.05) is 6.04 Å². The molecular weight excluding hydrogens is 268 g/mol. The molecule has 4 heteroatoms. The fourth-order valence-corrected chi connectivity index (χ4v) is 1.88. The predicted octanol–water partition coefficient (Wildman–Crippen LogP) is 2.63. The topological polar surface area (TPSA) is 59.0 Å². The minimum Gasteiger partial charge on any atom is -0.475 e. The van der Waals surface area contributed by atoms with Crippen molar-refractivity contribution in [2.75, 3.05) is 0 Å². The molecule has 1 rings (SSSR count). The number of benzene rings is 1. The van der Waals surface area contributed by atoms with Crippen LogP contribution in [0.15, 0.2) is 22.7 Å². The molecule has 0 saturated heterocycles.